The van der Waals surface area contributed by atoms with Crippen LogP contribution in [0.4, 0.5) is 17.3 Å². The first-order chi connectivity index (χ1) is 9.15. The zero-order valence-electron chi connectivity index (χ0n) is 11.0. The van der Waals surface area contributed by atoms with Crippen LogP contribution in [-0.4, -0.2) is 22.3 Å². The average Bonchev–Trinajstić information content (AvgIpc) is 2.40. The fourth-order valence-electron chi connectivity index (χ4n) is 1.59. The Morgan fingerprint density at radius 3 is 2.68 bits per heavy atom. The van der Waals surface area contributed by atoms with Crippen LogP contribution in [0.3, 0.4) is 0 Å². The van der Waals surface area contributed by atoms with Gasteiger partial charge in [-0.25, -0.2) is 9.97 Å². The Balaban J connectivity index is 2.11. The van der Waals surface area contributed by atoms with E-state index in [-0.39, 0.29) is 12.3 Å². The molecule has 0 aliphatic heterocycles. The highest BCUT2D eigenvalue weighted by Gasteiger charge is 2.02. The maximum atomic E-state index is 10.9. The number of benzene rings is 1. The van der Waals surface area contributed by atoms with E-state index >= 15 is 0 Å². The van der Waals surface area contributed by atoms with Gasteiger partial charge in [0.1, 0.15) is 23.7 Å². The van der Waals surface area contributed by atoms with Crippen LogP contribution in [0.2, 0.25) is 0 Å². The van der Waals surface area contributed by atoms with Crippen molar-refractivity contribution in [3.8, 4) is 0 Å². The van der Waals surface area contributed by atoms with Crippen molar-refractivity contribution in [1.29, 1.82) is 0 Å². The molecule has 1 aromatic carbocycles. The van der Waals surface area contributed by atoms with Crippen molar-refractivity contribution in [2.24, 2.45) is 0 Å². The Hall–Kier alpha value is -2.43. The van der Waals surface area contributed by atoms with E-state index < -0.39 is 0 Å². The summed E-state index contributed by atoms with van der Waals surface area (Å²) in [5.74, 6) is 1.38. The maximum absolute atomic E-state index is 10.9. The number of ketones is 1. The molecule has 0 atom stereocenters. The molecule has 0 radical (unpaired) electrons. The third kappa shape index (κ3) is 3.77. The molecule has 1 heterocycles. The van der Waals surface area contributed by atoms with E-state index in [4.69, 9.17) is 0 Å². The van der Waals surface area contributed by atoms with Crippen LogP contribution in [0.15, 0.2) is 36.7 Å². The number of aryl methyl sites for hydroxylation is 1. The Labute approximate surface area is 112 Å². The van der Waals surface area contributed by atoms with E-state index in [0.717, 1.165) is 11.3 Å². The lowest BCUT2D eigenvalue weighted by Gasteiger charge is -2.09. The van der Waals surface area contributed by atoms with Crippen molar-refractivity contribution in [2.75, 3.05) is 17.2 Å². The van der Waals surface area contributed by atoms with Gasteiger partial charge in [0, 0.05) is 11.8 Å². The number of rotatable bonds is 5. The number of carbonyl (C=O) groups excluding carboxylic acids is 1. The molecule has 2 N–H and O–H groups in total. The van der Waals surface area contributed by atoms with E-state index in [0.29, 0.717) is 11.6 Å². The molecule has 0 unspecified atom stereocenters. The summed E-state index contributed by atoms with van der Waals surface area (Å²) < 4.78 is 0. The van der Waals surface area contributed by atoms with E-state index in [1.54, 1.807) is 6.07 Å². The Kier molecular flexibility index (Phi) is 4.07. The van der Waals surface area contributed by atoms with Gasteiger partial charge < -0.3 is 10.6 Å². The smallest absolute Gasteiger partial charge is 0.148 e. The van der Waals surface area contributed by atoms with Crippen molar-refractivity contribution in [1.82, 2.24) is 9.97 Å². The summed E-state index contributed by atoms with van der Waals surface area (Å²) in [6, 6.07) is 9.74. The number of para-hydroxylation sites is 1. The summed E-state index contributed by atoms with van der Waals surface area (Å²) >= 11 is 0. The van der Waals surface area contributed by atoms with Gasteiger partial charge in [0.05, 0.1) is 6.54 Å². The topological polar surface area (TPSA) is 66.9 Å². The zero-order chi connectivity index (χ0) is 13.7. The summed E-state index contributed by atoms with van der Waals surface area (Å²) in [4.78, 5) is 19.1. The lowest BCUT2D eigenvalue weighted by molar-refractivity contribution is -0.115. The van der Waals surface area contributed by atoms with Crippen LogP contribution >= 0.6 is 0 Å². The van der Waals surface area contributed by atoms with Crippen LogP contribution in [0.1, 0.15) is 12.5 Å². The molecule has 1 aromatic heterocycles. The number of hydrogen-bond acceptors (Lipinski definition) is 5. The number of nitrogens with zero attached hydrogens (tertiary/aromatic N) is 2. The fraction of sp³-hybridized carbons (Fsp3) is 0.214. The Bertz CT molecular complexity index is 583. The van der Waals surface area contributed by atoms with Gasteiger partial charge in [-0.05, 0) is 25.5 Å². The number of aromatic nitrogens is 2. The predicted molar refractivity (Wildman–Crippen MR) is 75.7 cm³/mol. The van der Waals surface area contributed by atoms with Crippen molar-refractivity contribution in [2.45, 2.75) is 13.8 Å². The Morgan fingerprint density at radius 2 is 1.95 bits per heavy atom. The normalized spacial score (nSPS) is 10.0. The lowest BCUT2D eigenvalue weighted by atomic mass is 10.2. The van der Waals surface area contributed by atoms with Crippen molar-refractivity contribution in [3.63, 3.8) is 0 Å². The van der Waals surface area contributed by atoms with Crippen LogP contribution < -0.4 is 10.6 Å². The van der Waals surface area contributed by atoms with Gasteiger partial charge in [0.2, 0.25) is 0 Å². The minimum absolute atomic E-state index is 0.0621. The van der Waals surface area contributed by atoms with Gasteiger partial charge in [-0.15, -0.1) is 0 Å². The molecule has 0 saturated carbocycles. The van der Waals surface area contributed by atoms with Crippen LogP contribution in [-0.2, 0) is 4.79 Å². The van der Waals surface area contributed by atoms with Crippen LogP contribution in [0, 0.1) is 6.92 Å². The Morgan fingerprint density at radius 1 is 1.21 bits per heavy atom. The van der Waals surface area contributed by atoms with E-state index in [1.807, 2.05) is 31.2 Å². The van der Waals surface area contributed by atoms with E-state index in [9.17, 15) is 4.79 Å². The molecule has 98 valence electrons. The summed E-state index contributed by atoms with van der Waals surface area (Å²) in [5, 5.41) is 6.17. The number of Topliss-reactive ketones (excluding diaryl/α,β-unsaturated/α-hetero) is 1. The second-order valence-electron chi connectivity index (χ2n) is 4.28. The minimum Gasteiger partial charge on any atom is -0.363 e. The van der Waals surface area contributed by atoms with Gasteiger partial charge in [-0.3, -0.25) is 4.79 Å². The van der Waals surface area contributed by atoms with Gasteiger partial charge in [0.25, 0.3) is 0 Å². The zero-order valence-corrected chi connectivity index (χ0v) is 11.0. The SMILES string of the molecule is CC(=O)CNc1cc(Nc2ccccc2C)ncn1. The number of anilines is 3. The molecule has 5 heteroatoms. The summed E-state index contributed by atoms with van der Waals surface area (Å²) in [6.45, 7) is 3.82. The molecular weight excluding hydrogens is 240 g/mol. The highest BCUT2D eigenvalue weighted by Crippen LogP contribution is 2.19. The highest BCUT2D eigenvalue weighted by atomic mass is 16.1. The second kappa shape index (κ2) is 5.95. The summed E-state index contributed by atoms with van der Waals surface area (Å²) in [6.07, 6.45) is 1.46. The molecule has 0 amide bonds. The quantitative estimate of drug-likeness (QED) is 0.860. The first-order valence-corrected chi connectivity index (χ1v) is 6.03. The highest BCUT2D eigenvalue weighted by molar-refractivity contribution is 5.80. The van der Waals surface area contributed by atoms with Gasteiger partial charge in [-0.2, -0.15) is 0 Å². The molecule has 0 spiro atoms. The van der Waals surface area contributed by atoms with E-state index in [2.05, 4.69) is 20.6 Å². The number of nitrogens with one attached hydrogen (secondary N) is 2. The third-order valence-electron chi connectivity index (χ3n) is 2.59. The predicted octanol–water partition coefficient (Wildman–Crippen LogP) is 2.53. The molecule has 0 saturated heterocycles. The largest absolute Gasteiger partial charge is 0.363 e. The van der Waals surface area contributed by atoms with Gasteiger partial charge in [-0.1, -0.05) is 18.2 Å². The fourth-order valence-corrected chi connectivity index (χ4v) is 1.59. The number of hydrogen-bond donors (Lipinski definition) is 2. The molecule has 19 heavy (non-hydrogen) atoms. The van der Waals surface area contributed by atoms with Gasteiger partial charge >= 0.3 is 0 Å². The van der Waals surface area contributed by atoms with Crippen LogP contribution in [0.25, 0.3) is 0 Å². The van der Waals surface area contributed by atoms with Crippen molar-refractivity contribution >= 4 is 23.1 Å². The molecule has 0 aliphatic rings. The summed E-state index contributed by atoms with van der Waals surface area (Å²) in [5.41, 5.74) is 2.14. The molecule has 2 aromatic rings. The number of carbonyl (C=O) groups is 1. The molecule has 0 bridgehead atoms. The first-order valence-electron chi connectivity index (χ1n) is 6.03. The van der Waals surface area contributed by atoms with E-state index in [1.165, 1.54) is 13.3 Å². The standard InChI is InChI=1S/C14H16N4O/c1-10-5-3-4-6-12(10)18-14-7-13(16-9-17-14)15-8-11(2)19/h3-7,9H,8H2,1-2H3,(H2,15,16,17,18). The van der Waals surface area contributed by atoms with Gasteiger partial charge in [0.15, 0.2) is 0 Å². The molecule has 5 nitrogen and oxygen atoms in total. The maximum Gasteiger partial charge on any atom is 0.148 e. The van der Waals surface area contributed by atoms with Crippen molar-refractivity contribution < 1.29 is 4.79 Å². The third-order valence-corrected chi connectivity index (χ3v) is 2.59. The molecule has 0 aliphatic carbocycles. The first kappa shape index (κ1) is 13.0. The lowest BCUT2D eigenvalue weighted by Crippen LogP contribution is -2.11. The second-order valence-corrected chi connectivity index (χ2v) is 4.28. The summed E-state index contributed by atoms with van der Waals surface area (Å²) in [7, 11) is 0. The minimum atomic E-state index is 0.0621. The molecular formula is C14H16N4O. The monoisotopic (exact) mass is 256 g/mol. The molecule has 0 fully saturated rings. The van der Waals surface area contributed by atoms with Crippen molar-refractivity contribution in [3.05, 3.63) is 42.2 Å². The average molecular weight is 256 g/mol. The molecule has 2 rings (SSSR count). The van der Waals surface area contributed by atoms with Crippen LogP contribution in [0.5, 0.6) is 0 Å².